The zero-order valence-electron chi connectivity index (χ0n) is 11.7. The Bertz CT molecular complexity index is 529. The van der Waals surface area contributed by atoms with Crippen LogP contribution in [0, 0.1) is 10.1 Å². The summed E-state index contributed by atoms with van der Waals surface area (Å²) in [6, 6.07) is 0.237. The molecule has 1 rings (SSSR count). The number of rotatable bonds is 4. The van der Waals surface area contributed by atoms with Crippen molar-refractivity contribution >= 4 is 17.6 Å². The molecule has 1 amide bonds. The molecule has 0 aliphatic heterocycles. The van der Waals surface area contributed by atoms with Gasteiger partial charge in [-0.25, -0.2) is 4.79 Å². The Morgan fingerprint density at radius 1 is 1.45 bits per heavy atom. The minimum absolute atomic E-state index is 0.00658. The fourth-order valence-electron chi connectivity index (χ4n) is 1.34. The second-order valence-corrected chi connectivity index (χ2v) is 5.26. The van der Waals surface area contributed by atoms with Gasteiger partial charge in [0.25, 0.3) is 11.6 Å². The second-order valence-electron chi connectivity index (χ2n) is 5.26. The Morgan fingerprint density at radius 2 is 2.05 bits per heavy atom. The molecule has 0 saturated carbocycles. The van der Waals surface area contributed by atoms with Gasteiger partial charge in [-0.05, 0) is 27.7 Å². The van der Waals surface area contributed by atoms with Crippen molar-refractivity contribution in [2.45, 2.75) is 39.3 Å². The quantitative estimate of drug-likeness (QED) is 0.492. The lowest BCUT2D eigenvalue weighted by Crippen LogP contribution is -2.42. The molecule has 0 unspecified atom stereocenters. The van der Waals surface area contributed by atoms with Gasteiger partial charge in [0.15, 0.2) is 0 Å². The van der Waals surface area contributed by atoms with Crippen LogP contribution in [0.3, 0.4) is 0 Å². The van der Waals surface area contributed by atoms with E-state index in [0.29, 0.717) is 0 Å². The minimum atomic E-state index is -0.857. The molecule has 0 aromatic carbocycles. The summed E-state index contributed by atoms with van der Waals surface area (Å²) in [6.45, 7) is 6.62. The summed E-state index contributed by atoms with van der Waals surface area (Å²) in [5, 5.41) is 12.9. The zero-order chi connectivity index (χ0) is 15.5. The molecular weight excluding hydrogens is 266 g/mol. The fourth-order valence-corrected chi connectivity index (χ4v) is 1.34. The van der Waals surface area contributed by atoms with Crippen LogP contribution >= 0.6 is 0 Å². The van der Waals surface area contributed by atoms with E-state index in [0.717, 1.165) is 12.3 Å². The summed E-state index contributed by atoms with van der Waals surface area (Å²) in [7, 11) is 0. The number of nitrogens with zero attached hydrogens (tertiary/aromatic N) is 1. The number of esters is 1. The molecule has 8 nitrogen and oxygen atoms in total. The Kier molecular flexibility index (Phi) is 4.49. The van der Waals surface area contributed by atoms with Gasteiger partial charge < -0.3 is 15.0 Å². The van der Waals surface area contributed by atoms with E-state index >= 15 is 0 Å². The zero-order valence-corrected chi connectivity index (χ0v) is 11.7. The van der Waals surface area contributed by atoms with Crippen LogP contribution in [-0.4, -0.2) is 33.4 Å². The molecule has 1 heterocycles. The molecule has 1 aromatic heterocycles. The van der Waals surface area contributed by atoms with Crippen molar-refractivity contribution in [2.24, 2.45) is 0 Å². The van der Waals surface area contributed by atoms with Gasteiger partial charge in [-0.1, -0.05) is 0 Å². The summed E-state index contributed by atoms with van der Waals surface area (Å²) in [6.07, 6.45) is 1.10. The van der Waals surface area contributed by atoms with Crippen LogP contribution in [0.15, 0.2) is 12.3 Å². The average molecular weight is 283 g/mol. The largest absolute Gasteiger partial charge is 0.458 e. The molecule has 0 aliphatic rings. The molecule has 0 saturated heterocycles. The first-order valence-electron chi connectivity index (χ1n) is 5.96. The number of H-pyrrole nitrogens is 1. The van der Waals surface area contributed by atoms with Gasteiger partial charge in [0, 0.05) is 6.07 Å². The predicted octanol–water partition coefficient (Wildman–Crippen LogP) is 1.38. The first-order valence-corrected chi connectivity index (χ1v) is 5.96. The smallest absolute Gasteiger partial charge is 0.328 e. The Morgan fingerprint density at radius 3 is 2.50 bits per heavy atom. The van der Waals surface area contributed by atoms with E-state index in [4.69, 9.17) is 4.74 Å². The number of ether oxygens (including phenoxy) is 1. The van der Waals surface area contributed by atoms with Crippen LogP contribution in [0.4, 0.5) is 5.69 Å². The maximum Gasteiger partial charge on any atom is 0.328 e. The number of aromatic amines is 1. The van der Waals surface area contributed by atoms with Crippen LogP contribution < -0.4 is 5.32 Å². The lowest BCUT2D eigenvalue weighted by atomic mass is 10.2. The van der Waals surface area contributed by atoms with E-state index < -0.39 is 28.4 Å². The Hall–Kier alpha value is -2.38. The van der Waals surface area contributed by atoms with Crippen molar-refractivity contribution in [1.29, 1.82) is 0 Å². The Balaban J connectivity index is 2.65. The van der Waals surface area contributed by atoms with Crippen molar-refractivity contribution in [1.82, 2.24) is 10.3 Å². The summed E-state index contributed by atoms with van der Waals surface area (Å²) in [5.41, 5.74) is -0.867. The molecular formula is C12H17N3O5. The van der Waals surface area contributed by atoms with E-state index in [1.54, 1.807) is 20.8 Å². The van der Waals surface area contributed by atoms with Crippen LogP contribution in [0.25, 0.3) is 0 Å². The topological polar surface area (TPSA) is 114 Å². The highest BCUT2D eigenvalue weighted by Gasteiger charge is 2.24. The maximum absolute atomic E-state index is 11.8. The van der Waals surface area contributed by atoms with Gasteiger partial charge in [0.1, 0.15) is 17.3 Å². The highest BCUT2D eigenvalue weighted by atomic mass is 16.6. The SMILES string of the molecule is C[C@H](NC(=O)c1cc([N+](=O)[O-])c[nH]1)C(=O)OC(C)(C)C. The average Bonchev–Trinajstić information content (AvgIpc) is 2.75. The van der Waals surface area contributed by atoms with E-state index in [-0.39, 0.29) is 11.4 Å². The number of amides is 1. The third-order valence-electron chi connectivity index (χ3n) is 2.23. The molecule has 0 radical (unpaired) electrons. The van der Waals surface area contributed by atoms with Crippen LogP contribution in [0.5, 0.6) is 0 Å². The van der Waals surface area contributed by atoms with E-state index in [2.05, 4.69) is 10.3 Å². The second kappa shape index (κ2) is 5.72. The molecule has 2 N–H and O–H groups in total. The van der Waals surface area contributed by atoms with Crippen LogP contribution in [0.2, 0.25) is 0 Å². The predicted molar refractivity (Wildman–Crippen MR) is 70.2 cm³/mol. The first-order chi connectivity index (χ1) is 9.10. The third kappa shape index (κ3) is 4.38. The van der Waals surface area contributed by atoms with Crippen molar-refractivity contribution in [3.8, 4) is 0 Å². The first kappa shape index (κ1) is 15.7. The summed E-state index contributed by atoms with van der Waals surface area (Å²) < 4.78 is 5.11. The standard InChI is InChI=1S/C12H17N3O5/c1-7(11(17)20-12(2,3)4)14-10(16)9-5-8(6-13-9)15(18)19/h5-7,13H,1-4H3,(H,14,16)/t7-/m0/s1. The van der Waals surface area contributed by atoms with Crippen molar-refractivity contribution in [2.75, 3.05) is 0 Å². The molecule has 8 heteroatoms. The van der Waals surface area contributed by atoms with Crippen molar-refractivity contribution in [3.63, 3.8) is 0 Å². The van der Waals surface area contributed by atoms with Gasteiger partial charge >= 0.3 is 5.97 Å². The number of nitro groups is 1. The van der Waals surface area contributed by atoms with Crippen molar-refractivity contribution in [3.05, 3.63) is 28.1 Å². The van der Waals surface area contributed by atoms with Gasteiger partial charge in [-0.3, -0.25) is 14.9 Å². The molecule has 20 heavy (non-hydrogen) atoms. The number of nitrogens with one attached hydrogen (secondary N) is 2. The number of carbonyl (C=O) groups excluding carboxylic acids is 2. The van der Waals surface area contributed by atoms with E-state index in [1.165, 1.54) is 6.92 Å². The lowest BCUT2D eigenvalue weighted by molar-refractivity contribution is -0.384. The monoisotopic (exact) mass is 283 g/mol. The number of aromatic nitrogens is 1. The van der Waals surface area contributed by atoms with Crippen molar-refractivity contribution < 1.29 is 19.2 Å². The molecule has 0 fully saturated rings. The Labute approximate surface area is 115 Å². The summed E-state index contributed by atoms with van der Waals surface area (Å²) in [5.74, 6) is -1.19. The highest BCUT2D eigenvalue weighted by molar-refractivity contribution is 5.95. The normalized spacial score (nSPS) is 12.6. The highest BCUT2D eigenvalue weighted by Crippen LogP contribution is 2.12. The van der Waals surface area contributed by atoms with Gasteiger partial charge in [-0.2, -0.15) is 0 Å². The summed E-state index contributed by atoms with van der Waals surface area (Å²) in [4.78, 5) is 35.8. The number of hydrogen-bond donors (Lipinski definition) is 2. The van der Waals surface area contributed by atoms with Gasteiger partial charge in [-0.15, -0.1) is 0 Å². The van der Waals surface area contributed by atoms with Crippen LogP contribution in [0.1, 0.15) is 38.2 Å². The molecule has 1 aromatic rings. The fraction of sp³-hybridized carbons (Fsp3) is 0.500. The van der Waals surface area contributed by atoms with E-state index in [9.17, 15) is 19.7 Å². The molecule has 0 spiro atoms. The van der Waals surface area contributed by atoms with Gasteiger partial charge in [0.2, 0.25) is 0 Å². The number of hydrogen-bond acceptors (Lipinski definition) is 5. The lowest BCUT2D eigenvalue weighted by Gasteiger charge is -2.22. The van der Waals surface area contributed by atoms with Gasteiger partial charge in [0.05, 0.1) is 11.1 Å². The maximum atomic E-state index is 11.8. The molecule has 0 aliphatic carbocycles. The molecule has 110 valence electrons. The molecule has 0 bridgehead atoms. The third-order valence-corrected chi connectivity index (χ3v) is 2.23. The minimum Gasteiger partial charge on any atom is -0.458 e. The summed E-state index contributed by atoms with van der Waals surface area (Å²) >= 11 is 0. The number of carbonyl (C=O) groups is 2. The molecule has 1 atom stereocenters. The van der Waals surface area contributed by atoms with E-state index in [1.807, 2.05) is 0 Å². The van der Waals surface area contributed by atoms with Crippen LogP contribution in [-0.2, 0) is 9.53 Å².